The molecule has 0 aromatic heterocycles. The summed E-state index contributed by atoms with van der Waals surface area (Å²) < 4.78 is 0. The minimum atomic E-state index is -1.08. The maximum atomic E-state index is 9.97. The maximum Gasteiger partial charge on any atom is 0.306 e. The van der Waals surface area contributed by atoms with Crippen LogP contribution < -0.4 is 0 Å². The van der Waals surface area contributed by atoms with Crippen LogP contribution in [0, 0.1) is 5.92 Å². The van der Waals surface area contributed by atoms with Gasteiger partial charge in [0, 0.05) is 0 Å². The first kappa shape index (κ1) is 15.3. The van der Waals surface area contributed by atoms with Crippen molar-refractivity contribution < 1.29 is 30.0 Å². The van der Waals surface area contributed by atoms with Crippen LogP contribution in [0.25, 0.3) is 0 Å². The number of rotatable bonds is 4. The van der Waals surface area contributed by atoms with Crippen molar-refractivity contribution in [3.63, 3.8) is 0 Å². The molecule has 0 rings (SSSR count). The molecule has 0 saturated carbocycles. The molecule has 0 aromatic rings. The second-order valence-electron chi connectivity index (χ2n) is 2.87. The van der Waals surface area contributed by atoms with Gasteiger partial charge in [-0.2, -0.15) is 0 Å². The first-order valence-electron chi connectivity index (χ1n) is 4.04. The van der Waals surface area contributed by atoms with Gasteiger partial charge in [-0.25, -0.2) is 0 Å². The second kappa shape index (κ2) is 8.46. The zero-order chi connectivity index (χ0) is 11.7. The molecule has 0 fully saturated rings. The Balaban J connectivity index is 0. The SMILES string of the molecule is CC(CC(=O)O)C(=O)O.CC(O)CO. The van der Waals surface area contributed by atoms with E-state index in [1.165, 1.54) is 13.8 Å². The van der Waals surface area contributed by atoms with Gasteiger partial charge < -0.3 is 20.4 Å². The van der Waals surface area contributed by atoms with Crippen LogP contribution in [0.2, 0.25) is 0 Å². The van der Waals surface area contributed by atoms with Crippen LogP contribution in [0.1, 0.15) is 20.3 Å². The largest absolute Gasteiger partial charge is 0.481 e. The summed E-state index contributed by atoms with van der Waals surface area (Å²) >= 11 is 0. The number of aliphatic hydroxyl groups is 2. The molecule has 0 aliphatic carbocycles. The van der Waals surface area contributed by atoms with Crippen LogP contribution in [-0.2, 0) is 9.59 Å². The van der Waals surface area contributed by atoms with Gasteiger partial charge in [-0.1, -0.05) is 6.92 Å². The topological polar surface area (TPSA) is 115 Å². The lowest BCUT2D eigenvalue weighted by molar-refractivity contribution is -0.147. The minimum Gasteiger partial charge on any atom is -0.481 e. The monoisotopic (exact) mass is 208 g/mol. The summed E-state index contributed by atoms with van der Waals surface area (Å²) in [6.45, 7) is 2.75. The zero-order valence-corrected chi connectivity index (χ0v) is 8.17. The number of carboxylic acid groups (broad SMARTS) is 2. The van der Waals surface area contributed by atoms with E-state index in [-0.39, 0.29) is 13.0 Å². The Hall–Kier alpha value is -1.14. The normalized spacial score (nSPS) is 13.4. The molecule has 0 amide bonds. The van der Waals surface area contributed by atoms with Crippen LogP contribution in [0.15, 0.2) is 0 Å². The number of aliphatic carboxylic acids is 2. The molecule has 4 N–H and O–H groups in total. The molecule has 0 saturated heterocycles. The Morgan fingerprint density at radius 1 is 1.21 bits per heavy atom. The van der Waals surface area contributed by atoms with Crippen LogP contribution in [-0.4, -0.2) is 45.1 Å². The number of hydrogen-bond acceptors (Lipinski definition) is 4. The maximum absolute atomic E-state index is 9.97. The zero-order valence-electron chi connectivity index (χ0n) is 8.17. The molecule has 0 heterocycles. The van der Waals surface area contributed by atoms with Crippen LogP contribution in [0.4, 0.5) is 0 Å². The standard InChI is InChI=1S/C5H8O4.C3H8O2/c1-3(5(8)9)2-4(6)7;1-3(5)2-4/h3H,2H2,1H3,(H,6,7)(H,8,9);3-5H,2H2,1H3. The predicted octanol–water partition coefficient (Wildman–Crippen LogP) is -0.459. The van der Waals surface area contributed by atoms with Gasteiger partial charge in [0.15, 0.2) is 0 Å². The van der Waals surface area contributed by atoms with Crippen molar-refractivity contribution >= 4 is 11.9 Å². The predicted molar refractivity (Wildman–Crippen MR) is 47.8 cm³/mol. The van der Waals surface area contributed by atoms with E-state index in [9.17, 15) is 9.59 Å². The third-order valence-electron chi connectivity index (χ3n) is 1.17. The molecule has 0 aliphatic heterocycles. The van der Waals surface area contributed by atoms with Gasteiger partial charge in [0.25, 0.3) is 0 Å². The van der Waals surface area contributed by atoms with Crippen molar-refractivity contribution in [3.8, 4) is 0 Å². The summed E-state index contributed by atoms with van der Waals surface area (Å²) in [6, 6.07) is 0. The summed E-state index contributed by atoms with van der Waals surface area (Å²) in [5.74, 6) is -2.94. The number of hydrogen-bond donors (Lipinski definition) is 4. The molecule has 0 bridgehead atoms. The second-order valence-corrected chi connectivity index (χ2v) is 2.87. The summed E-state index contributed by atoms with van der Waals surface area (Å²) in [6.07, 6.45) is -0.870. The van der Waals surface area contributed by atoms with Gasteiger partial charge >= 0.3 is 11.9 Å². The first-order valence-corrected chi connectivity index (χ1v) is 4.04. The molecule has 0 aliphatic rings. The molecule has 6 nitrogen and oxygen atoms in total. The van der Waals surface area contributed by atoms with Gasteiger partial charge in [0.05, 0.1) is 25.0 Å². The Morgan fingerprint density at radius 3 is 1.64 bits per heavy atom. The van der Waals surface area contributed by atoms with E-state index in [4.69, 9.17) is 20.4 Å². The van der Waals surface area contributed by atoms with E-state index in [2.05, 4.69) is 0 Å². The lowest BCUT2D eigenvalue weighted by Gasteiger charge is -1.98. The summed E-state index contributed by atoms with van der Waals surface area (Å²) in [5.41, 5.74) is 0. The van der Waals surface area contributed by atoms with E-state index in [1.807, 2.05) is 0 Å². The summed E-state index contributed by atoms with van der Waals surface area (Å²) in [5, 5.41) is 32.2. The van der Waals surface area contributed by atoms with Gasteiger partial charge in [-0.15, -0.1) is 0 Å². The lowest BCUT2D eigenvalue weighted by Crippen LogP contribution is -2.13. The average Bonchev–Trinajstić information content (AvgIpc) is 2.04. The van der Waals surface area contributed by atoms with Crippen molar-refractivity contribution in [2.75, 3.05) is 6.61 Å². The van der Waals surface area contributed by atoms with Crippen molar-refractivity contribution in [3.05, 3.63) is 0 Å². The first-order chi connectivity index (χ1) is 6.31. The highest BCUT2D eigenvalue weighted by molar-refractivity contribution is 5.77. The molecule has 2 unspecified atom stereocenters. The van der Waals surface area contributed by atoms with E-state index in [0.717, 1.165) is 0 Å². The molecule has 6 heteroatoms. The number of aliphatic hydroxyl groups excluding tert-OH is 2. The molecule has 0 radical (unpaired) electrons. The quantitative estimate of drug-likeness (QED) is 0.497. The molecule has 84 valence electrons. The average molecular weight is 208 g/mol. The van der Waals surface area contributed by atoms with Crippen molar-refractivity contribution in [2.45, 2.75) is 26.4 Å². The molecular formula is C8H16O6. The minimum absolute atomic E-state index is 0.139. The third-order valence-corrected chi connectivity index (χ3v) is 1.17. The van der Waals surface area contributed by atoms with Crippen molar-refractivity contribution in [1.29, 1.82) is 0 Å². The molecule has 0 aromatic carbocycles. The van der Waals surface area contributed by atoms with E-state index >= 15 is 0 Å². The molecule has 0 spiro atoms. The van der Waals surface area contributed by atoms with Crippen LogP contribution in [0.5, 0.6) is 0 Å². The smallest absolute Gasteiger partial charge is 0.306 e. The molecule has 14 heavy (non-hydrogen) atoms. The summed E-state index contributed by atoms with van der Waals surface area (Å²) in [7, 11) is 0. The fourth-order valence-corrected chi connectivity index (χ4v) is 0.349. The number of carbonyl (C=O) groups is 2. The van der Waals surface area contributed by atoms with E-state index in [0.29, 0.717) is 0 Å². The van der Waals surface area contributed by atoms with E-state index in [1.54, 1.807) is 0 Å². The molecule has 2 atom stereocenters. The van der Waals surface area contributed by atoms with Gasteiger partial charge in [0.2, 0.25) is 0 Å². The lowest BCUT2D eigenvalue weighted by atomic mass is 10.1. The van der Waals surface area contributed by atoms with E-state index < -0.39 is 24.0 Å². The third kappa shape index (κ3) is 13.4. The van der Waals surface area contributed by atoms with Crippen LogP contribution >= 0.6 is 0 Å². The van der Waals surface area contributed by atoms with Gasteiger partial charge in [0.1, 0.15) is 0 Å². The summed E-state index contributed by atoms with van der Waals surface area (Å²) in [4.78, 5) is 19.8. The highest BCUT2D eigenvalue weighted by Crippen LogP contribution is 1.99. The highest BCUT2D eigenvalue weighted by Gasteiger charge is 2.13. The van der Waals surface area contributed by atoms with Gasteiger partial charge in [-0.3, -0.25) is 9.59 Å². The fourth-order valence-electron chi connectivity index (χ4n) is 0.349. The van der Waals surface area contributed by atoms with Crippen molar-refractivity contribution in [2.24, 2.45) is 5.92 Å². The van der Waals surface area contributed by atoms with Crippen molar-refractivity contribution in [1.82, 2.24) is 0 Å². The fraction of sp³-hybridized carbons (Fsp3) is 0.750. The Labute approximate surface area is 81.8 Å². The Kier molecular flexibility index (Phi) is 9.27. The van der Waals surface area contributed by atoms with Gasteiger partial charge in [-0.05, 0) is 6.92 Å². The Bertz CT molecular complexity index is 177. The van der Waals surface area contributed by atoms with Crippen LogP contribution in [0.3, 0.4) is 0 Å². The highest BCUT2D eigenvalue weighted by atomic mass is 16.4. The Morgan fingerprint density at radius 2 is 1.57 bits per heavy atom. The number of carboxylic acids is 2. The molecular weight excluding hydrogens is 192 g/mol.